The zero-order valence-electron chi connectivity index (χ0n) is 13.5. The van der Waals surface area contributed by atoms with Crippen molar-refractivity contribution in [2.75, 3.05) is 33.9 Å². The number of hydrogen-bond donors (Lipinski definition) is 2. The highest BCUT2D eigenvalue weighted by atomic mass is 35.5. The number of amides is 2. The normalized spacial score (nSPS) is 17.0. The maximum atomic E-state index is 11.9. The van der Waals surface area contributed by atoms with E-state index in [0.717, 1.165) is 12.1 Å². The van der Waals surface area contributed by atoms with Gasteiger partial charge in [-0.1, -0.05) is 12.1 Å². The molecule has 7 heteroatoms. The molecule has 1 heterocycles. The average Bonchev–Trinajstić information content (AvgIpc) is 2.53. The first-order chi connectivity index (χ1) is 10.6. The van der Waals surface area contributed by atoms with Crippen LogP contribution in [-0.4, -0.2) is 56.6 Å². The van der Waals surface area contributed by atoms with Gasteiger partial charge in [0.05, 0.1) is 13.2 Å². The summed E-state index contributed by atoms with van der Waals surface area (Å²) < 4.78 is 5.33. The minimum absolute atomic E-state index is 0. The molecule has 1 saturated heterocycles. The molecule has 1 aromatic rings. The molecule has 2 amide bonds. The lowest BCUT2D eigenvalue weighted by molar-refractivity contribution is -0.122. The summed E-state index contributed by atoms with van der Waals surface area (Å²) in [5, 5.41) is 6.13. The van der Waals surface area contributed by atoms with E-state index in [0.29, 0.717) is 31.7 Å². The monoisotopic (exact) mass is 341 g/mol. The van der Waals surface area contributed by atoms with Crippen molar-refractivity contribution in [3.8, 4) is 0 Å². The van der Waals surface area contributed by atoms with Crippen molar-refractivity contribution in [3.63, 3.8) is 0 Å². The van der Waals surface area contributed by atoms with Gasteiger partial charge in [-0.2, -0.15) is 0 Å². The Kier molecular flexibility index (Phi) is 8.02. The van der Waals surface area contributed by atoms with Gasteiger partial charge in [0.1, 0.15) is 0 Å². The van der Waals surface area contributed by atoms with Crippen molar-refractivity contribution in [1.82, 2.24) is 15.5 Å². The molecule has 1 aliphatic rings. The molecule has 0 aromatic heterocycles. The Morgan fingerprint density at radius 1 is 1.39 bits per heavy atom. The van der Waals surface area contributed by atoms with Crippen molar-refractivity contribution in [3.05, 3.63) is 35.4 Å². The number of hydrogen-bond acceptors (Lipinski definition) is 4. The van der Waals surface area contributed by atoms with Gasteiger partial charge in [-0.25, -0.2) is 0 Å². The quantitative estimate of drug-likeness (QED) is 0.831. The predicted octanol–water partition coefficient (Wildman–Crippen LogP) is 0.805. The number of halogens is 1. The molecule has 2 rings (SSSR count). The molecule has 0 radical (unpaired) electrons. The zero-order valence-corrected chi connectivity index (χ0v) is 14.3. The number of rotatable bonds is 5. The average molecular weight is 342 g/mol. The number of nitrogens with one attached hydrogen (secondary N) is 2. The highest BCUT2D eigenvalue weighted by Gasteiger charge is 2.16. The lowest BCUT2D eigenvalue weighted by Gasteiger charge is -2.23. The number of benzene rings is 1. The zero-order chi connectivity index (χ0) is 15.9. The van der Waals surface area contributed by atoms with Crippen LogP contribution in [0.2, 0.25) is 0 Å². The highest BCUT2D eigenvalue weighted by molar-refractivity contribution is 5.94. The number of carbonyl (C=O) groups is 2. The Balaban J connectivity index is 0.00000264. The Labute approximate surface area is 143 Å². The molecule has 1 atom stereocenters. The molecule has 1 aromatic carbocycles. The maximum Gasteiger partial charge on any atom is 0.253 e. The maximum absolute atomic E-state index is 11.9. The lowest BCUT2D eigenvalue weighted by Crippen LogP contribution is -2.44. The molecule has 1 fully saturated rings. The Bertz CT molecular complexity index is 531. The van der Waals surface area contributed by atoms with Crippen LogP contribution >= 0.6 is 12.4 Å². The van der Waals surface area contributed by atoms with Crippen LogP contribution in [0.3, 0.4) is 0 Å². The van der Waals surface area contributed by atoms with Gasteiger partial charge >= 0.3 is 0 Å². The number of ether oxygens (including phenoxy) is 1. The Morgan fingerprint density at radius 2 is 2.17 bits per heavy atom. The van der Waals surface area contributed by atoms with Crippen LogP contribution in [0.4, 0.5) is 0 Å². The second-order valence-corrected chi connectivity index (χ2v) is 5.61. The SMILES string of the molecule is CN(C)C(=O)c1cccc(CNC(=O)CC2COCCN2)c1.Cl. The molecular formula is C16H24ClN3O3. The number of nitrogens with zero attached hydrogens (tertiary/aromatic N) is 1. The summed E-state index contributed by atoms with van der Waals surface area (Å²) in [5.74, 6) is -0.0657. The van der Waals surface area contributed by atoms with E-state index >= 15 is 0 Å². The third kappa shape index (κ3) is 6.17. The summed E-state index contributed by atoms with van der Waals surface area (Å²) in [6, 6.07) is 7.39. The van der Waals surface area contributed by atoms with E-state index in [1.807, 2.05) is 18.2 Å². The van der Waals surface area contributed by atoms with E-state index in [1.54, 1.807) is 20.2 Å². The topological polar surface area (TPSA) is 70.7 Å². The van der Waals surface area contributed by atoms with Crippen molar-refractivity contribution < 1.29 is 14.3 Å². The van der Waals surface area contributed by atoms with E-state index in [4.69, 9.17) is 4.74 Å². The Morgan fingerprint density at radius 3 is 2.83 bits per heavy atom. The predicted molar refractivity (Wildman–Crippen MR) is 90.8 cm³/mol. The molecule has 23 heavy (non-hydrogen) atoms. The molecule has 128 valence electrons. The summed E-state index contributed by atoms with van der Waals surface area (Å²) in [5.41, 5.74) is 1.54. The second-order valence-electron chi connectivity index (χ2n) is 5.61. The van der Waals surface area contributed by atoms with Gasteiger partial charge in [-0.15, -0.1) is 12.4 Å². The van der Waals surface area contributed by atoms with Crippen molar-refractivity contribution in [1.29, 1.82) is 0 Å². The van der Waals surface area contributed by atoms with E-state index in [9.17, 15) is 9.59 Å². The van der Waals surface area contributed by atoms with E-state index in [2.05, 4.69) is 10.6 Å². The molecule has 1 unspecified atom stereocenters. The summed E-state index contributed by atoms with van der Waals surface area (Å²) in [6.45, 7) is 2.47. The summed E-state index contributed by atoms with van der Waals surface area (Å²) >= 11 is 0. The summed E-state index contributed by atoms with van der Waals surface area (Å²) in [7, 11) is 3.44. The van der Waals surface area contributed by atoms with Gasteiger partial charge in [0, 0.05) is 45.2 Å². The van der Waals surface area contributed by atoms with Crippen LogP contribution in [0.5, 0.6) is 0 Å². The molecule has 0 bridgehead atoms. The fourth-order valence-electron chi connectivity index (χ4n) is 2.32. The fraction of sp³-hybridized carbons (Fsp3) is 0.500. The smallest absolute Gasteiger partial charge is 0.253 e. The molecule has 6 nitrogen and oxygen atoms in total. The molecule has 0 spiro atoms. The molecule has 0 saturated carbocycles. The van der Waals surface area contributed by atoms with Gasteiger partial charge in [0.15, 0.2) is 0 Å². The summed E-state index contributed by atoms with van der Waals surface area (Å²) in [6.07, 6.45) is 0.399. The molecule has 1 aliphatic heterocycles. The van der Waals surface area contributed by atoms with Crippen LogP contribution < -0.4 is 10.6 Å². The van der Waals surface area contributed by atoms with Gasteiger partial charge in [-0.3, -0.25) is 9.59 Å². The minimum atomic E-state index is -0.0447. The fourth-order valence-corrected chi connectivity index (χ4v) is 2.32. The molecule has 0 aliphatic carbocycles. The first-order valence-electron chi connectivity index (χ1n) is 7.44. The van der Waals surface area contributed by atoms with Crippen LogP contribution in [0.25, 0.3) is 0 Å². The van der Waals surface area contributed by atoms with Gasteiger partial charge in [-0.05, 0) is 17.7 Å². The van der Waals surface area contributed by atoms with Crippen molar-refractivity contribution in [2.45, 2.75) is 19.0 Å². The lowest BCUT2D eigenvalue weighted by atomic mass is 10.1. The van der Waals surface area contributed by atoms with E-state index < -0.39 is 0 Å². The third-order valence-corrected chi connectivity index (χ3v) is 3.50. The van der Waals surface area contributed by atoms with Crippen LogP contribution in [-0.2, 0) is 16.1 Å². The summed E-state index contributed by atoms with van der Waals surface area (Å²) in [4.78, 5) is 25.4. The van der Waals surface area contributed by atoms with Crippen molar-refractivity contribution in [2.24, 2.45) is 0 Å². The van der Waals surface area contributed by atoms with Gasteiger partial charge < -0.3 is 20.3 Å². The van der Waals surface area contributed by atoms with Gasteiger partial charge in [0.25, 0.3) is 5.91 Å². The highest BCUT2D eigenvalue weighted by Crippen LogP contribution is 2.07. The first-order valence-corrected chi connectivity index (χ1v) is 7.44. The minimum Gasteiger partial charge on any atom is -0.378 e. The van der Waals surface area contributed by atoms with Crippen LogP contribution in [0.1, 0.15) is 22.3 Å². The third-order valence-electron chi connectivity index (χ3n) is 3.50. The van der Waals surface area contributed by atoms with E-state index in [-0.39, 0.29) is 30.3 Å². The van der Waals surface area contributed by atoms with Crippen molar-refractivity contribution >= 4 is 24.2 Å². The first kappa shape index (κ1) is 19.4. The standard InChI is InChI=1S/C16H23N3O3.ClH/c1-19(2)16(21)13-5-3-4-12(8-13)10-18-15(20)9-14-11-22-7-6-17-14;/h3-5,8,14,17H,6-7,9-11H2,1-2H3,(H,18,20);1H. The second kappa shape index (κ2) is 9.50. The number of morpholine rings is 1. The van der Waals surface area contributed by atoms with Crippen LogP contribution in [0, 0.1) is 0 Å². The molecular weight excluding hydrogens is 318 g/mol. The molecule has 2 N–H and O–H groups in total. The van der Waals surface area contributed by atoms with E-state index in [1.165, 1.54) is 4.90 Å². The largest absolute Gasteiger partial charge is 0.378 e. The Hall–Kier alpha value is -1.63. The van der Waals surface area contributed by atoms with Gasteiger partial charge in [0.2, 0.25) is 5.91 Å². The number of carbonyl (C=O) groups excluding carboxylic acids is 2. The van der Waals surface area contributed by atoms with Crippen LogP contribution in [0.15, 0.2) is 24.3 Å².